The Hall–Kier alpha value is -1.09. The summed E-state index contributed by atoms with van der Waals surface area (Å²) < 4.78 is 5.92. The number of aromatic nitrogens is 1. The molecule has 0 N–H and O–H groups in total. The van der Waals surface area contributed by atoms with Crippen LogP contribution in [0, 0.1) is 11.3 Å². The Labute approximate surface area is 145 Å². The van der Waals surface area contributed by atoms with Crippen molar-refractivity contribution in [1.29, 1.82) is 5.26 Å². The lowest BCUT2D eigenvalue weighted by Gasteiger charge is -2.26. The molecule has 0 aromatic carbocycles. The highest BCUT2D eigenvalue weighted by Crippen LogP contribution is 2.45. The Bertz CT molecular complexity index is 609. The van der Waals surface area contributed by atoms with E-state index in [1.165, 1.54) is 0 Å². The summed E-state index contributed by atoms with van der Waals surface area (Å²) in [6.45, 7) is 12.7. The molecule has 6 heteroatoms. The summed E-state index contributed by atoms with van der Waals surface area (Å²) in [4.78, 5) is 6.68. The molecule has 0 saturated carbocycles. The van der Waals surface area contributed by atoms with E-state index in [-0.39, 0.29) is 6.04 Å². The Morgan fingerprint density at radius 2 is 2.13 bits per heavy atom. The molecule has 0 radical (unpaired) electrons. The summed E-state index contributed by atoms with van der Waals surface area (Å²) in [7, 11) is -1.08. The number of halogens is 1. The highest BCUT2D eigenvalue weighted by Gasteiger charge is 2.38. The Balaban J connectivity index is 2.18. The second kappa shape index (κ2) is 7.21. The molecule has 0 saturated heterocycles. The zero-order valence-corrected chi connectivity index (χ0v) is 16.4. The second-order valence-corrected chi connectivity index (χ2v) is 13.4. The maximum atomic E-state index is 9.18. The van der Waals surface area contributed by atoms with Crippen molar-refractivity contribution in [3.05, 3.63) is 22.3 Å². The Morgan fingerprint density at radius 3 is 2.70 bits per heavy atom. The molecule has 4 nitrogen and oxygen atoms in total. The summed E-state index contributed by atoms with van der Waals surface area (Å²) in [6, 6.07) is 3.56. The number of anilines is 1. The van der Waals surface area contributed by atoms with Gasteiger partial charge in [-0.2, -0.15) is 5.26 Å². The Morgan fingerprint density at radius 1 is 1.43 bits per heavy atom. The average molecular weight is 352 g/mol. The third-order valence-corrected chi connectivity index (χ3v) is 6.64. The van der Waals surface area contributed by atoms with Crippen molar-refractivity contribution in [2.45, 2.75) is 57.9 Å². The number of pyridine rings is 1. The molecule has 0 spiro atoms. The van der Waals surface area contributed by atoms with E-state index in [0.717, 1.165) is 30.5 Å². The van der Waals surface area contributed by atoms with E-state index < -0.39 is 8.07 Å². The van der Waals surface area contributed by atoms with Crippen molar-refractivity contribution in [2.24, 2.45) is 0 Å². The Kier molecular flexibility index (Phi) is 5.72. The topological polar surface area (TPSA) is 49.2 Å². The van der Waals surface area contributed by atoms with Gasteiger partial charge in [-0.15, -0.1) is 0 Å². The van der Waals surface area contributed by atoms with Crippen molar-refractivity contribution >= 4 is 25.5 Å². The molecule has 1 aromatic heterocycles. The van der Waals surface area contributed by atoms with Crippen LogP contribution in [0.5, 0.6) is 0 Å². The van der Waals surface area contributed by atoms with E-state index in [9.17, 15) is 5.26 Å². The van der Waals surface area contributed by atoms with Crippen LogP contribution in [0.3, 0.4) is 0 Å². The van der Waals surface area contributed by atoms with Crippen LogP contribution >= 0.6 is 11.6 Å². The monoisotopic (exact) mass is 351 g/mol. The minimum absolute atomic E-state index is 0.279. The van der Waals surface area contributed by atoms with Crippen LogP contribution in [0.4, 0.5) is 5.82 Å². The third-order valence-electron chi connectivity index (χ3n) is 4.53. The predicted molar refractivity (Wildman–Crippen MR) is 97.9 cm³/mol. The highest BCUT2D eigenvalue weighted by molar-refractivity contribution is 6.76. The van der Waals surface area contributed by atoms with Crippen LogP contribution in [-0.2, 0) is 4.74 Å². The zero-order valence-electron chi connectivity index (χ0n) is 14.7. The van der Waals surface area contributed by atoms with Crippen LogP contribution in [-0.4, -0.2) is 32.4 Å². The molecular weight excluding hydrogens is 326 g/mol. The minimum Gasteiger partial charge on any atom is -0.361 e. The van der Waals surface area contributed by atoms with E-state index in [4.69, 9.17) is 16.3 Å². The molecule has 2 atom stereocenters. The van der Waals surface area contributed by atoms with Crippen LogP contribution in [0.1, 0.15) is 37.3 Å². The van der Waals surface area contributed by atoms with Crippen LogP contribution in [0.2, 0.25) is 30.7 Å². The van der Waals surface area contributed by atoms with Gasteiger partial charge in [0.25, 0.3) is 0 Å². The molecule has 0 aliphatic carbocycles. The third kappa shape index (κ3) is 3.88. The zero-order chi connectivity index (χ0) is 17.2. The van der Waals surface area contributed by atoms with Gasteiger partial charge in [0.1, 0.15) is 18.6 Å². The SMILES string of the molecule is CCC1c2c(ncc(C#N)c2Cl)N(COCC[Si](C)(C)C)C1C. The number of rotatable bonds is 6. The van der Waals surface area contributed by atoms with Gasteiger partial charge >= 0.3 is 0 Å². The van der Waals surface area contributed by atoms with Crippen LogP contribution in [0.15, 0.2) is 6.20 Å². The first kappa shape index (κ1) is 18.2. The van der Waals surface area contributed by atoms with Gasteiger partial charge in [-0.05, 0) is 19.4 Å². The van der Waals surface area contributed by atoms with Gasteiger partial charge < -0.3 is 9.64 Å². The first-order chi connectivity index (χ1) is 10.8. The second-order valence-electron chi connectivity index (χ2n) is 7.41. The normalized spacial score (nSPS) is 20.5. The molecule has 0 fully saturated rings. The summed E-state index contributed by atoms with van der Waals surface area (Å²) >= 11 is 6.46. The van der Waals surface area contributed by atoms with E-state index in [0.29, 0.717) is 23.2 Å². The molecule has 23 heavy (non-hydrogen) atoms. The quantitative estimate of drug-likeness (QED) is 0.554. The molecule has 0 amide bonds. The van der Waals surface area contributed by atoms with Gasteiger partial charge in [0.2, 0.25) is 0 Å². The fourth-order valence-corrected chi connectivity index (χ4v) is 4.12. The van der Waals surface area contributed by atoms with Gasteiger partial charge in [-0.3, -0.25) is 0 Å². The number of ether oxygens (including phenoxy) is 1. The lowest BCUT2D eigenvalue weighted by molar-refractivity contribution is 0.141. The summed E-state index contributed by atoms with van der Waals surface area (Å²) in [5.74, 6) is 1.17. The molecule has 0 bridgehead atoms. The largest absolute Gasteiger partial charge is 0.361 e. The number of hydrogen-bond acceptors (Lipinski definition) is 4. The predicted octanol–water partition coefficient (Wildman–Crippen LogP) is 4.62. The fraction of sp³-hybridized carbons (Fsp3) is 0.647. The molecule has 1 aromatic rings. The van der Waals surface area contributed by atoms with E-state index in [1.54, 1.807) is 6.20 Å². The van der Waals surface area contributed by atoms with Gasteiger partial charge in [0, 0.05) is 38.4 Å². The molecular formula is C17H26ClN3OSi. The molecule has 2 rings (SSSR count). The molecule has 126 valence electrons. The molecule has 1 aliphatic rings. The molecule has 1 aliphatic heterocycles. The maximum absolute atomic E-state index is 9.18. The first-order valence-electron chi connectivity index (χ1n) is 8.23. The van der Waals surface area contributed by atoms with Crippen molar-refractivity contribution in [3.8, 4) is 6.07 Å². The smallest absolute Gasteiger partial charge is 0.135 e. The van der Waals surface area contributed by atoms with Gasteiger partial charge in [0.05, 0.1) is 10.6 Å². The minimum atomic E-state index is -1.08. The van der Waals surface area contributed by atoms with Crippen LogP contribution in [0.25, 0.3) is 0 Å². The maximum Gasteiger partial charge on any atom is 0.135 e. The van der Waals surface area contributed by atoms with Crippen LogP contribution < -0.4 is 4.90 Å². The van der Waals surface area contributed by atoms with E-state index in [1.807, 2.05) is 0 Å². The lowest BCUT2D eigenvalue weighted by Crippen LogP contribution is -2.34. The average Bonchev–Trinajstić information content (AvgIpc) is 2.75. The van der Waals surface area contributed by atoms with E-state index in [2.05, 4.69) is 49.4 Å². The highest BCUT2D eigenvalue weighted by atomic mass is 35.5. The van der Waals surface area contributed by atoms with E-state index >= 15 is 0 Å². The number of nitriles is 1. The number of nitrogens with zero attached hydrogens (tertiary/aromatic N) is 3. The molecule has 2 heterocycles. The summed E-state index contributed by atoms with van der Waals surface area (Å²) in [5.41, 5.74) is 1.46. The van der Waals surface area contributed by atoms with Gasteiger partial charge in [-0.1, -0.05) is 38.2 Å². The summed E-state index contributed by atoms with van der Waals surface area (Å²) in [6.07, 6.45) is 2.54. The fourth-order valence-electron chi connectivity index (χ4n) is 3.05. The molecule has 2 unspecified atom stereocenters. The van der Waals surface area contributed by atoms with Gasteiger partial charge in [-0.25, -0.2) is 4.98 Å². The first-order valence-corrected chi connectivity index (χ1v) is 12.3. The lowest BCUT2D eigenvalue weighted by atomic mass is 9.93. The number of hydrogen-bond donors (Lipinski definition) is 0. The van der Waals surface area contributed by atoms with Crippen molar-refractivity contribution < 1.29 is 4.74 Å². The van der Waals surface area contributed by atoms with Crippen molar-refractivity contribution in [2.75, 3.05) is 18.2 Å². The van der Waals surface area contributed by atoms with Gasteiger partial charge in [0.15, 0.2) is 0 Å². The van der Waals surface area contributed by atoms with Crippen molar-refractivity contribution in [1.82, 2.24) is 4.98 Å². The standard InChI is InChI=1S/C17H26ClN3OSi/c1-6-14-12(2)21(11-22-7-8-23(3,4)5)17-15(14)16(18)13(9-19)10-20-17/h10,12,14H,6-8,11H2,1-5H3. The van der Waals surface area contributed by atoms with Crippen molar-refractivity contribution in [3.63, 3.8) is 0 Å². The number of fused-ring (bicyclic) bond motifs is 1. The summed E-state index contributed by atoms with van der Waals surface area (Å²) in [5, 5.41) is 9.74.